The number of hydrogen-bond donors (Lipinski definition) is 2. The lowest BCUT2D eigenvalue weighted by atomic mass is 9.80. The minimum atomic E-state index is -1.23. The van der Waals surface area contributed by atoms with Gasteiger partial charge in [0.2, 0.25) is 0 Å². The monoisotopic (exact) mass is 403 g/mol. The lowest BCUT2D eigenvalue weighted by Gasteiger charge is -2.40. The molecule has 2 N–H and O–H groups in total. The summed E-state index contributed by atoms with van der Waals surface area (Å²) in [6.07, 6.45) is 1.30. The standard InChI is InChI=1S/C21H26BrNO2/c1-15(21(2,25)20(24)23-13-5-6-14-23)18-7-3-4-8-19(18)16-9-11-17(22)12-10-16/h3-4,7-12,15,20,24-25H,5-6,13-14H2,1-2H3. The van der Waals surface area contributed by atoms with E-state index in [4.69, 9.17) is 0 Å². The third kappa shape index (κ3) is 3.82. The topological polar surface area (TPSA) is 43.7 Å². The molecule has 0 radical (unpaired) electrons. The van der Waals surface area contributed by atoms with E-state index in [-0.39, 0.29) is 5.92 Å². The molecule has 134 valence electrons. The first-order valence-electron chi connectivity index (χ1n) is 8.90. The van der Waals surface area contributed by atoms with Crippen LogP contribution in [-0.4, -0.2) is 40.0 Å². The Bertz CT molecular complexity index is 708. The Balaban J connectivity index is 1.93. The maximum absolute atomic E-state index is 11.2. The molecule has 2 aromatic carbocycles. The van der Waals surface area contributed by atoms with Crippen LogP contribution in [0.5, 0.6) is 0 Å². The summed E-state index contributed by atoms with van der Waals surface area (Å²) in [6, 6.07) is 16.3. The van der Waals surface area contributed by atoms with Crippen LogP contribution in [0.2, 0.25) is 0 Å². The zero-order chi connectivity index (χ0) is 18.0. The number of aliphatic hydroxyl groups is 2. The Labute approximate surface area is 158 Å². The summed E-state index contributed by atoms with van der Waals surface area (Å²) in [5, 5.41) is 22.0. The van der Waals surface area contributed by atoms with Crippen LogP contribution in [0, 0.1) is 0 Å². The number of aliphatic hydroxyl groups excluding tert-OH is 1. The molecule has 3 rings (SSSR count). The quantitative estimate of drug-likeness (QED) is 0.777. The molecule has 1 fully saturated rings. The average Bonchev–Trinajstić information content (AvgIpc) is 3.15. The van der Waals surface area contributed by atoms with E-state index in [0.717, 1.165) is 47.1 Å². The highest BCUT2D eigenvalue weighted by Crippen LogP contribution is 2.38. The van der Waals surface area contributed by atoms with Crippen molar-refractivity contribution in [3.05, 3.63) is 58.6 Å². The van der Waals surface area contributed by atoms with Crippen molar-refractivity contribution in [2.75, 3.05) is 13.1 Å². The van der Waals surface area contributed by atoms with Crippen molar-refractivity contribution >= 4 is 15.9 Å². The van der Waals surface area contributed by atoms with Crippen molar-refractivity contribution in [3.63, 3.8) is 0 Å². The van der Waals surface area contributed by atoms with Crippen LogP contribution in [0.25, 0.3) is 11.1 Å². The largest absolute Gasteiger partial charge is 0.385 e. The second-order valence-electron chi connectivity index (χ2n) is 7.16. The minimum Gasteiger partial charge on any atom is -0.385 e. The molecule has 4 heteroatoms. The highest BCUT2D eigenvalue weighted by molar-refractivity contribution is 9.10. The fraction of sp³-hybridized carbons (Fsp3) is 0.429. The zero-order valence-corrected chi connectivity index (χ0v) is 16.4. The highest BCUT2D eigenvalue weighted by Gasteiger charge is 2.41. The molecule has 0 saturated carbocycles. The summed E-state index contributed by atoms with van der Waals surface area (Å²) in [4.78, 5) is 1.98. The van der Waals surface area contributed by atoms with E-state index >= 15 is 0 Å². The van der Waals surface area contributed by atoms with Gasteiger partial charge < -0.3 is 10.2 Å². The van der Waals surface area contributed by atoms with Gasteiger partial charge in [0.25, 0.3) is 0 Å². The Kier molecular flexibility index (Phi) is 5.64. The molecular weight excluding hydrogens is 378 g/mol. The summed E-state index contributed by atoms with van der Waals surface area (Å²) in [5.74, 6) is -0.206. The van der Waals surface area contributed by atoms with Gasteiger partial charge in [0.1, 0.15) is 11.8 Å². The van der Waals surface area contributed by atoms with Gasteiger partial charge in [0, 0.05) is 23.5 Å². The van der Waals surface area contributed by atoms with E-state index < -0.39 is 11.8 Å². The van der Waals surface area contributed by atoms with Crippen LogP contribution in [0.15, 0.2) is 53.0 Å². The summed E-state index contributed by atoms with van der Waals surface area (Å²) in [7, 11) is 0. The molecular formula is C21H26BrNO2. The molecule has 3 nitrogen and oxygen atoms in total. The SMILES string of the molecule is CC(c1ccccc1-c1ccc(Br)cc1)C(C)(O)C(O)N1CCCC1. The zero-order valence-electron chi connectivity index (χ0n) is 14.8. The van der Waals surface area contributed by atoms with Crippen LogP contribution in [0.1, 0.15) is 38.2 Å². The lowest BCUT2D eigenvalue weighted by molar-refractivity contribution is -0.144. The van der Waals surface area contributed by atoms with Crippen LogP contribution in [-0.2, 0) is 0 Å². The highest BCUT2D eigenvalue weighted by atomic mass is 79.9. The summed E-state index contributed by atoms with van der Waals surface area (Å²) in [5.41, 5.74) is 2.03. The molecule has 1 heterocycles. The lowest BCUT2D eigenvalue weighted by Crippen LogP contribution is -2.53. The second kappa shape index (κ2) is 7.58. The molecule has 1 aliphatic rings. The Hall–Kier alpha value is -1.20. The molecule has 0 amide bonds. The van der Waals surface area contributed by atoms with E-state index in [9.17, 15) is 10.2 Å². The first-order valence-corrected chi connectivity index (χ1v) is 9.70. The minimum absolute atomic E-state index is 0.206. The Morgan fingerprint density at radius 3 is 2.28 bits per heavy atom. The van der Waals surface area contributed by atoms with Crippen molar-refractivity contribution < 1.29 is 10.2 Å². The van der Waals surface area contributed by atoms with Gasteiger partial charge in [-0.25, -0.2) is 0 Å². The molecule has 0 aromatic heterocycles. The first-order chi connectivity index (χ1) is 11.9. The molecule has 25 heavy (non-hydrogen) atoms. The van der Waals surface area contributed by atoms with Gasteiger partial charge in [-0.2, -0.15) is 0 Å². The second-order valence-corrected chi connectivity index (χ2v) is 8.07. The Morgan fingerprint density at radius 1 is 1.04 bits per heavy atom. The van der Waals surface area contributed by atoms with E-state index in [2.05, 4.69) is 34.1 Å². The van der Waals surface area contributed by atoms with Gasteiger partial charge in [0.15, 0.2) is 0 Å². The number of halogens is 1. The van der Waals surface area contributed by atoms with Crippen molar-refractivity contribution in [2.45, 2.75) is 44.4 Å². The molecule has 1 saturated heterocycles. The molecule has 0 aliphatic carbocycles. The van der Waals surface area contributed by atoms with Gasteiger partial charge in [-0.3, -0.25) is 4.90 Å². The van der Waals surface area contributed by atoms with Crippen LogP contribution < -0.4 is 0 Å². The normalized spacial score (nSPS) is 20.2. The molecule has 2 aromatic rings. The van der Waals surface area contributed by atoms with Crippen LogP contribution >= 0.6 is 15.9 Å². The molecule has 0 spiro atoms. The predicted molar refractivity (Wildman–Crippen MR) is 105 cm³/mol. The summed E-state index contributed by atoms with van der Waals surface area (Å²) in [6.45, 7) is 5.44. The van der Waals surface area contributed by atoms with E-state index in [0.29, 0.717) is 0 Å². The smallest absolute Gasteiger partial charge is 0.136 e. The number of rotatable bonds is 5. The maximum atomic E-state index is 11.2. The van der Waals surface area contributed by atoms with Crippen LogP contribution in [0.3, 0.4) is 0 Å². The van der Waals surface area contributed by atoms with Gasteiger partial charge in [-0.05, 0) is 48.6 Å². The van der Waals surface area contributed by atoms with Crippen molar-refractivity contribution in [2.24, 2.45) is 0 Å². The summed E-state index contributed by atoms with van der Waals surface area (Å²) < 4.78 is 1.04. The van der Waals surface area contributed by atoms with Crippen molar-refractivity contribution in [1.29, 1.82) is 0 Å². The molecule has 3 atom stereocenters. The number of benzene rings is 2. The van der Waals surface area contributed by atoms with Gasteiger partial charge in [0.05, 0.1) is 0 Å². The fourth-order valence-corrected chi connectivity index (χ4v) is 3.93. The van der Waals surface area contributed by atoms with Gasteiger partial charge in [-0.1, -0.05) is 59.3 Å². The van der Waals surface area contributed by atoms with Crippen LogP contribution in [0.4, 0.5) is 0 Å². The molecule has 3 unspecified atom stereocenters. The van der Waals surface area contributed by atoms with Crippen molar-refractivity contribution in [1.82, 2.24) is 4.90 Å². The molecule has 1 aliphatic heterocycles. The van der Waals surface area contributed by atoms with E-state index in [1.807, 2.05) is 42.2 Å². The van der Waals surface area contributed by atoms with Crippen molar-refractivity contribution in [3.8, 4) is 11.1 Å². The number of nitrogens with zero attached hydrogens (tertiary/aromatic N) is 1. The number of likely N-dealkylation sites (tertiary alicyclic amines) is 1. The average molecular weight is 404 g/mol. The van der Waals surface area contributed by atoms with Gasteiger partial charge >= 0.3 is 0 Å². The van der Waals surface area contributed by atoms with E-state index in [1.165, 1.54) is 0 Å². The maximum Gasteiger partial charge on any atom is 0.136 e. The van der Waals surface area contributed by atoms with Gasteiger partial charge in [-0.15, -0.1) is 0 Å². The summed E-state index contributed by atoms with van der Waals surface area (Å²) >= 11 is 3.48. The third-order valence-electron chi connectivity index (χ3n) is 5.47. The predicted octanol–water partition coefficient (Wildman–Crippen LogP) is 4.38. The molecule has 0 bridgehead atoms. The first kappa shape index (κ1) is 18.6. The third-order valence-corrected chi connectivity index (χ3v) is 6.00. The number of hydrogen-bond acceptors (Lipinski definition) is 3. The van der Waals surface area contributed by atoms with E-state index in [1.54, 1.807) is 6.92 Å². The fourth-order valence-electron chi connectivity index (χ4n) is 3.66. The Morgan fingerprint density at radius 2 is 1.64 bits per heavy atom.